The number of carbonyl (C=O) groups excluding carboxylic acids is 2. The molecule has 0 saturated carbocycles. The summed E-state index contributed by atoms with van der Waals surface area (Å²) in [7, 11) is 1.24. The lowest BCUT2D eigenvalue weighted by atomic mass is 10.1. The summed E-state index contributed by atoms with van der Waals surface area (Å²) in [5.41, 5.74) is -0.280. The van der Waals surface area contributed by atoms with Crippen molar-refractivity contribution in [2.24, 2.45) is 0 Å². The summed E-state index contributed by atoms with van der Waals surface area (Å²) in [6.45, 7) is 0. The van der Waals surface area contributed by atoms with Crippen molar-refractivity contribution in [2.45, 2.75) is 0 Å². The fourth-order valence-electron chi connectivity index (χ4n) is 1.75. The highest BCUT2D eigenvalue weighted by molar-refractivity contribution is 6.62. The molecule has 1 aromatic carbocycles. The Morgan fingerprint density at radius 1 is 1.14 bits per heavy atom. The molecule has 2 rings (SSSR count). The van der Waals surface area contributed by atoms with Crippen LogP contribution in [0.4, 0.5) is 5.69 Å². The van der Waals surface area contributed by atoms with Gasteiger partial charge in [-0.1, -0.05) is 34.8 Å². The van der Waals surface area contributed by atoms with E-state index in [1.54, 1.807) is 0 Å². The van der Waals surface area contributed by atoms with Crippen LogP contribution in [0.25, 0.3) is 0 Å². The Bertz CT molecular complexity index is 689. The van der Waals surface area contributed by atoms with Gasteiger partial charge in [0.2, 0.25) is 0 Å². The molecule has 9 heteroatoms. The highest BCUT2D eigenvalue weighted by Gasteiger charge is 2.39. The molecule has 110 valence electrons. The molecule has 0 saturated heterocycles. The number of hydrogen-bond donors (Lipinski definition) is 1. The van der Waals surface area contributed by atoms with Gasteiger partial charge in [0.05, 0.1) is 17.8 Å². The summed E-state index contributed by atoms with van der Waals surface area (Å²) in [6, 6.07) is 2.22. The first-order valence-electron chi connectivity index (χ1n) is 5.34. The number of carbonyl (C=O) groups is 3. The van der Waals surface area contributed by atoms with Crippen LogP contribution in [0.1, 0.15) is 10.4 Å². The van der Waals surface area contributed by atoms with Crippen molar-refractivity contribution in [3.05, 3.63) is 32.8 Å². The average Bonchev–Trinajstić information content (AvgIpc) is 2.63. The maximum Gasteiger partial charge on any atom is 0.339 e. The number of halogens is 3. The molecule has 1 aliphatic rings. The van der Waals surface area contributed by atoms with Crippen molar-refractivity contribution in [1.82, 2.24) is 0 Å². The van der Waals surface area contributed by atoms with Gasteiger partial charge in [0, 0.05) is 6.07 Å². The zero-order chi connectivity index (χ0) is 15.9. The van der Waals surface area contributed by atoms with Gasteiger partial charge in [0.15, 0.2) is 0 Å². The number of nitrogens with zero attached hydrogens (tertiary/aromatic N) is 1. The maximum absolute atomic E-state index is 11.9. The van der Waals surface area contributed by atoms with E-state index in [-0.39, 0.29) is 22.0 Å². The van der Waals surface area contributed by atoms with E-state index in [0.717, 1.165) is 12.1 Å². The molecular weight excluding hydrogens is 344 g/mol. The van der Waals surface area contributed by atoms with Crippen molar-refractivity contribution in [1.29, 1.82) is 0 Å². The molecule has 1 aromatic rings. The van der Waals surface area contributed by atoms with Gasteiger partial charge in [0.25, 0.3) is 11.8 Å². The number of amides is 2. The van der Waals surface area contributed by atoms with Crippen LogP contribution in [-0.4, -0.2) is 30.0 Å². The number of benzene rings is 1. The van der Waals surface area contributed by atoms with Gasteiger partial charge >= 0.3 is 5.97 Å². The predicted molar refractivity (Wildman–Crippen MR) is 76.2 cm³/mol. The summed E-state index contributed by atoms with van der Waals surface area (Å²) in [6.07, 6.45) is 0. The van der Waals surface area contributed by atoms with Crippen LogP contribution >= 0.6 is 34.8 Å². The van der Waals surface area contributed by atoms with Crippen LogP contribution < -0.4 is 9.64 Å². The van der Waals surface area contributed by atoms with E-state index in [2.05, 4.69) is 0 Å². The van der Waals surface area contributed by atoms with Crippen molar-refractivity contribution in [3.8, 4) is 5.75 Å². The fraction of sp³-hybridized carbons (Fsp3) is 0.0833. The molecule has 0 unspecified atom stereocenters. The third-order valence-electron chi connectivity index (χ3n) is 2.71. The second kappa shape index (κ2) is 5.55. The molecule has 1 N–H and O–H groups in total. The first-order valence-corrected chi connectivity index (χ1v) is 6.47. The zero-order valence-electron chi connectivity index (χ0n) is 10.3. The van der Waals surface area contributed by atoms with Crippen molar-refractivity contribution >= 4 is 58.3 Å². The average molecular weight is 351 g/mol. The molecule has 0 bridgehead atoms. The number of ether oxygens (including phenoxy) is 1. The van der Waals surface area contributed by atoms with Gasteiger partial charge in [-0.25, -0.2) is 9.69 Å². The molecule has 1 heterocycles. The standard InChI is InChI=1S/C12H6Cl3NO5/c1-21-7-3-6(5(13)2-4(7)12(19)20)16-10(17)8(14)9(15)11(16)18/h2-3H,1H3,(H,19,20). The van der Waals surface area contributed by atoms with Gasteiger partial charge in [-0.15, -0.1) is 0 Å². The number of carboxylic acid groups (broad SMARTS) is 1. The summed E-state index contributed by atoms with van der Waals surface area (Å²) in [4.78, 5) is 35.5. The van der Waals surface area contributed by atoms with Crippen LogP contribution in [0.2, 0.25) is 5.02 Å². The largest absolute Gasteiger partial charge is 0.496 e. The SMILES string of the molecule is COc1cc(N2C(=O)C(Cl)=C(Cl)C2=O)c(Cl)cc1C(=O)O. The normalized spacial score (nSPS) is 15.0. The number of imide groups is 1. The highest BCUT2D eigenvalue weighted by atomic mass is 35.5. The molecule has 21 heavy (non-hydrogen) atoms. The first kappa shape index (κ1) is 15.6. The Kier molecular flexibility index (Phi) is 4.13. The second-order valence-electron chi connectivity index (χ2n) is 3.88. The van der Waals surface area contributed by atoms with E-state index in [4.69, 9.17) is 44.6 Å². The number of aromatic carboxylic acids is 1. The van der Waals surface area contributed by atoms with Crippen LogP contribution in [0.15, 0.2) is 22.2 Å². The quantitative estimate of drug-likeness (QED) is 0.847. The lowest BCUT2D eigenvalue weighted by Crippen LogP contribution is -2.31. The second-order valence-corrected chi connectivity index (χ2v) is 5.05. The monoisotopic (exact) mass is 349 g/mol. The summed E-state index contributed by atoms with van der Waals surface area (Å²) in [5, 5.41) is 8.03. The summed E-state index contributed by atoms with van der Waals surface area (Å²) < 4.78 is 4.92. The van der Waals surface area contributed by atoms with Gasteiger partial charge in [0.1, 0.15) is 21.4 Å². The summed E-state index contributed by atoms with van der Waals surface area (Å²) >= 11 is 17.2. The van der Waals surface area contributed by atoms with Crippen molar-refractivity contribution in [2.75, 3.05) is 12.0 Å². The minimum atomic E-state index is -1.27. The summed E-state index contributed by atoms with van der Waals surface area (Å²) in [5.74, 6) is -3.03. The van der Waals surface area contributed by atoms with Crippen molar-refractivity contribution < 1.29 is 24.2 Å². The number of rotatable bonds is 3. The van der Waals surface area contributed by atoms with Crippen LogP contribution in [-0.2, 0) is 9.59 Å². The van der Waals surface area contributed by atoms with E-state index < -0.39 is 27.8 Å². The van der Waals surface area contributed by atoms with Crippen LogP contribution in [0.5, 0.6) is 5.75 Å². The van der Waals surface area contributed by atoms with E-state index in [1.165, 1.54) is 7.11 Å². The molecule has 0 aromatic heterocycles. The Morgan fingerprint density at radius 2 is 1.67 bits per heavy atom. The Hall–Kier alpha value is -1.76. The van der Waals surface area contributed by atoms with Gasteiger partial charge in [-0.2, -0.15) is 0 Å². The Balaban J connectivity index is 2.59. The van der Waals surface area contributed by atoms with Crippen LogP contribution in [0.3, 0.4) is 0 Å². The minimum absolute atomic E-state index is 0.0673. The molecule has 0 aliphatic carbocycles. The van der Waals surface area contributed by atoms with Gasteiger partial charge < -0.3 is 9.84 Å². The third kappa shape index (κ3) is 2.46. The fourth-order valence-corrected chi connectivity index (χ4v) is 2.32. The van der Waals surface area contributed by atoms with E-state index in [0.29, 0.717) is 4.90 Å². The van der Waals surface area contributed by atoms with Crippen molar-refractivity contribution in [3.63, 3.8) is 0 Å². The molecule has 0 fully saturated rings. The Morgan fingerprint density at radius 3 is 2.10 bits per heavy atom. The molecule has 0 atom stereocenters. The third-order valence-corrected chi connectivity index (χ3v) is 3.82. The van der Waals surface area contributed by atoms with Crippen LogP contribution in [0, 0.1) is 0 Å². The molecule has 2 amide bonds. The predicted octanol–water partition coefficient (Wildman–Crippen LogP) is 2.61. The molecule has 0 radical (unpaired) electrons. The molecule has 0 spiro atoms. The zero-order valence-corrected chi connectivity index (χ0v) is 12.6. The smallest absolute Gasteiger partial charge is 0.339 e. The van der Waals surface area contributed by atoms with E-state index >= 15 is 0 Å². The highest BCUT2D eigenvalue weighted by Crippen LogP contribution is 2.38. The van der Waals surface area contributed by atoms with Gasteiger partial charge in [-0.05, 0) is 6.07 Å². The lowest BCUT2D eigenvalue weighted by Gasteiger charge is -2.17. The number of methoxy groups -OCH3 is 1. The lowest BCUT2D eigenvalue weighted by molar-refractivity contribution is -0.120. The van der Waals surface area contributed by atoms with E-state index in [9.17, 15) is 14.4 Å². The number of carboxylic acids is 1. The Labute approximate surface area is 133 Å². The number of hydrogen-bond acceptors (Lipinski definition) is 4. The molecule has 6 nitrogen and oxygen atoms in total. The van der Waals surface area contributed by atoms with Gasteiger partial charge in [-0.3, -0.25) is 9.59 Å². The molecule has 1 aliphatic heterocycles. The van der Waals surface area contributed by atoms with E-state index in [1.807, 2.05) is 0 Å². The minimum Gasteiger partial charge on any atom is -0.496 e. The number of anilines is 1. The first-order chi connectivity index (χ1) is 9.79. The molecular formula is C12H6Cl3NO5. The maximum atomic E-state index is 11.9. The topological polar surface area (TPSA) is 83.9 Å².